The summed E-state index contributed by atoms with van der Waals surface area (Å²) in [6, 6.07) is 4.76. The first-order chi connectivity index (χ1) is 8.69. The fourth-order valence-electron chi connectivity index (χ4n) is 1.43. The van der Waals surface area contributed by atoms with Crippen LogP contribution in [-0.4, -0.2) is 36.3 Å². The smallest absolute Gasteiger partial charge is 0.339 e. The molecule has 0 saturated carbocycles. The summed E-state index contributed by atoms with van der Waals surface area (Å²) in [7, 11) is 1.45. The van der Waals surface area contributed by atoms with E-state index in [9.17, 15) is 4.79 Å². The molecule has 0 amide bonds. The van der Waals surface area contributed by atoms with Crippen LogP contribution in [0.5, 0.6) is 11.5 Å². The molecule has 1 aromatic carbocycles. The minimum Gasteiger partial charge on any atom is -0.496 e. The number of carbonyl (C=O) groups is 1. The van der Waals surface area contributed by atoms with E-state index in [0.717, 1.165) is 17.9 Å². The van der Waals surface area contributed by atoms with Gasteiger partial charge in [0.05, 0.1) is 13.7 Å². The molecule has 0 unspecified atom stereocenters. The highest BCUT2D eigenvalue weighted by molar-refractivity contribution is 7.99. The lowest BCUT2D eigenvalue weighted by atomic mass is 10.2. The van der Waals surface area contributed by atoms with E-state index in [2.05, 4.69) is 6.92 Å². The summed E-state index contributed by atoms with van der Waals surface area (Å²) in [4.78, 5) is 10.9. The van der Waals surface area contributed by atoms with Gasteiger partial charge < -0.3 is 14.6 Å². The zero-order valence-electron chi connectivity index (χ0n) is 10.6. The van der Waals surface area contributed by atoms with Crippen LogP contribution < -0.4 is 9.47 Å². The Hall–Kier alpha value is -1.36. The monoisotopic (exact) mass is 270 g/mol. The van der Waals surface area contributed by atoms with Crippen molar-refractivity contribution in [2.75, 3.05) is 25.2 Å². The maximum atomic E-state index is 10.9. The average Bonchev–Trinajstić information content (AvgIpc) is 2.38. The fourth-order valence-corrected chi connectivity index (χ4v) is 2.04. The van der Waals surface area contributed by atoms with Crippen molar-refractivity contribution in [1.29, 1.82) is 0 Å². The highest BCUT2D eigenvalue weighted by Crippen LogP contribution is 2.24. The molecule has 4 nitrogen and oxygen atoms in total. The van der Waals surface area contributed by atoms with Gasteiger partial charge in [-0.05, 0) is 30.1 Å². The van der Waals surface area contributed by atoms with E-state index in [1.54, 1.807) is 12.1 Å². The summed E-state index contributed by atoms with van der Waals surface area (Å²) in [6.07, 6.45) is 0.974. The maximum Gasteiger partial charge on any atom is 0.339 e. The lowest BCUT2D eigenvalue weighted by Gasteiger charge is -2.09. The molecular weight excluding hydrogens is 252 g/mol. The number of carboxylic acids is 1. The van der Waals surface area contributed by atoms with E-state index < -0.39 is 5.97 Å². The Bertz CT molecular complexity index is 393. The summed E-state index contributed by atoms with van der Waals surface area (Å²) in [5.74, 6) is 2.14. The van der Waals surface area contributed by atoms with Crippen LogP contribution in [0.1, 0.15) is 23.7 Å². The number of methoxy groups -OCH3 is 1. The second-order valence-corrected chi connectivity index (χ2v) is 4.96. The molecule has 0 radical (unpaired) electrons. The molecule has 1 N–H and O–H groups in total. The van der Waals surface area contributed by atoms with E-state index in [-0.39, 0.29) is 5.56 Å². The first kappa shape index (κ1) is 14.7. The van der Waals surface area contributed by atoms with Crippen molar-refractivity contribution in [2.24, 2.45) is 0 Å². The molecule has 0 aliphatic rings. The Labute approximate surface area is 111 Å². The molecule has 100 valence electrons. The maximum absolute atomic E-state index is 10.9. The van der Waals surface area contributed by atoms with Crippen molar-refractivity contribution < 1.29 is 19.4 Å². The molecule has 0 spiro atoms. The van der Waals surface area contributed by atoms with Crippen LogP contribution in [0.15, 0.2) is 18.2 Å². The number of rotatable bonds is 8. The van der Waals surface area contributed by atoms with Gasteiger partial charge in [0.2, 0.25) is 0 Å². The lowest BCUT2D eigenvalue weighted by Crippen LogP contribution is -2.03. The van der Waals surface area contributed by atoms with Gasteiger partial charge in [-0.3, -0.25) is 0 Å². The number of benzene rings is 1. The van der Waals surface area contributed by atoms with Gasteiger partial charge in [0.1, 0.15) is 17.1 Å². The number of carboxylic acid groups (broad SMARTS) is 1. The van der Waals surface area contributed by atoms with Crippen LogP contribution >= 0.6 is 11.8 Å². The topological polar surface area (TPSA) is 55.8 Å². The zero-order chi connectivity index (χ0) is 13.4. The number of hydrogen-bond donors (Lipinski definition) is 1. The zero-order valence-corrected chi connectivity index (χ0v) is 11.5. The van der Waals surface area contributed by atoms with Gasteiger partial charge in [0, 0.05) is 6.07 Å². The van der Waals surface area contributed by atoms with Crippen molar-refractivity contribution in [2.45, 2.75) is 13.3 Å². The third-order valence-corrected chi connectivity index (χ3v) is 3.29. The van der Waals surface area contributed by atoms with Crippen LogP contribution in [-0.2, 0) is 0 Å². The van der Waals surface area contributed by atoms with E-state index in [1.807, 2.05) is 11.8 Å². The quantitative estimate of drug-likeness (QED) is 0.736. The first-order valence-corrected chi connectivity index (χ1v) is 6.96. The van der Waals surface area contributed by atoms with Gasteiger partial charge in [-0.15, -0.1) is 0 Å². The SMILES string of the molecule is CCSCCCOc1ccc(C(=O)O)c(OC)c1. The third kappa shape index (κ3) is 4.49. The summed E-state index contributed by atoms with van der Waals surface area (Å²) < 4.78 is 10.6. The molecule has 0 saturated heterocycles. The lowest BCUT2D eigenvalue weighted by molar-refractivity contribution is 0.0693. The van der Waals surface area contributed by atoms with Crippen molar-refractivity contribution >= 4 is 17.7 Å². The summed E-state index contributed by atoms with van der Waals surface area (Å²) >= 11 is 1.87. The summed E-state index contributed by atoms with van der Waals surface area (Å²) in [5, 5.41) is 8.94. The van der Waals surface area contributed by atoms with Gasteiger partial charge in [-0.25, -0.2) is 4.79 Å². The van der Waals surface area contributed by atoms with Gasteiger partial charge in [0.15, 0.2) is 0 Å². The van der Waals surface area contributed by atoms with Crippen LogP contribution in [0.2, 0.25) is 0 Å². The molecule has 0 aliphatic carbocycles. The second-order valence-electron chi connectivity index (χ2n) is 3.57. The van der Waals surface area contributed by atoms with E-state index >= 15 is 0 Å². The highest BCUT2D eigenvalue weighted by atomic mass is 32.2. The minimum absolute atomic E-state index is 0.145. The Morgan fingerprint density at radius 2 is 2.22 bits per heavy atom. The van der Waals surface area contributed by atoms with Crippen LogP contribution in [0.3, 0.4) is 0 Å². The van der Waals surface area contributed by atoms with Crippen molar-refractivity contribution in [3.63, 3.8) is 0 Å². The third-order valence-electron chi connectivity index (χ3n) is 2.31. The Morgan fingerprint density at radius 1 is 1.44 bits per heavy atom. The van der Waals surface area contributed by atoms with Gasteiger partial charge >= 0.3 is 5.97 Å². The largest absolute Gasteiger partial charge is 0.496 e. The molecule has 0 aliphatic heterocycles. The van der Waals surface area contributed by atoms with Crippen LogP contribution in [0.25, 0.3) is 0 Å². The fraction of sp³-hybridized carbons (Fsp3) is 0.462. The molecule has 0 bridgehead atoms. The molecule has 0 heterocycles. The molecular formula is C13H18O4S. The second kappa shape index (κ2) is 7.87. The number of thioether (sulfide) groups is 1. The van der Waals surface area contributed by atoms with Crippen molar-refractivity contribution in [1.82, 2.24) is 0 Å². The van der Waals surface area contributed by atoms with Crippen molar-refractivity contribution in [3.05, 3.63) is 23.8 Å². The van der Waals surface area contributed by atoms with Crippen molar-refractivity contribution in [3.8, 4) is 11.5 Å². The van der Waals surface area contributed by atoms with Gasteiger partial charge in [0.25, 0.3) is 0 Å². The predicted octanol–water partition coefficient (Wildman–Crippen LogP) is 2.92. The average molecular weight is 270 g/mol. The minimum atomic E-state index is -1.00. The normalized spacial score (nSPS) is 10.1. The molecule has 5 heteroatoms. The molecule has 0 fully saturated rings. The Kier molecular flexibility index (Phi) is 6.43. The Morgan fingerprint density at radius 3 is 2.83 bits per heavy atom. The van der Waals surface area contributed by atoms with E-state index in [1.165, 1.54) is 13.2 Å². The molecule has 18 heavy (non-hydrogen) atoms. The van der Waals surface area contributed by atoms with Crippen LogP contribution in [0.4, 0.5) is 0 Å². The van der Waals surface area contributed by atoms with E-state index in [4.69, 9.17) is 14.6 Å². The standard InChI is InChI=1S/C13H18O4S/c1-3-18-8-4-7-17-10-5-6-11(13(14)15)12(9-10)16-2/h5-6,9H,3-4,7-8H2,1-2H3,(H,14,15). The highest BCUT2D eigenvalue weighted by Gasteiger charge is 2.11. The molecule has 1 rings (SSSR count). The first-order valence-electron chi connectivity index (χ1n) is 5.81. The Balaban J connectivity index is 2.54. The number of ether oxygens (including phenoxy) is 2. The number of aromatic carboxylic acids is 1. The summed E-state index contributed by atoms with van der Waals surface area (Å²) in [6.45, 7) is 2.75. The van der Waals surface area contributed by atoms with E-state index in [0.29, 0.717) is 18.1 Å². The van der Waals surface area contributed by atoms with Crippen LogP contribution in [0, 0.1) is 0 Å². The van der Waals surface area contributed by atoms with Gasteiger partial charge in [-0.2, -0.15) is 11.8 Å². The molecule has 0 atom stereocenters. The molecule has 1 aromatic rings. The summed E-state index contributed by atoms with van der Waals surface area (Å²) in [5.41, 5.74) is 0.145. The molecule has 0 aromatic heterocycles. The number of hydrogen-bond acceptors (Lipinski definition) is 4. The van der Waals surface area contributed by atoms with Gasteiger partial charge in [-0.1, -0.05) is 6.92 Å². The predicted molar refractivity (Wildman–Crippen MR) is 73.1 cm³/mol.